The SMILES string of the molecule is CC(=O)CCCCCC/C=C/CC1CC(=O)OC1=O.CC(=O)CCCCCC/C=C/CC1CC(=O)OC1=O.CCCCC(CC)CCC(=O)C(C/C=C/CCCCCCC(C)=O)CC(=O)OCC(CC)CCCC.CCCCC(CC)CO.CCCCC(CC)CO.CCCCC(CC)COC(=O)CC(C/C=C/CCCCCCC(C)=O)CC(=O)O. The van der Waals surface area contributed by atoms with Crippen LogP contribution in [0.2, 0.25) is 0 Å². The Morgan fingerprint density at radius 3 is 0.950 bits per heavy atom. The fourth-order valence-corrected chi connectivity index (χ4v) is 13.9. The van der Waals surface area contributed by atoms with E-state index < -0.39 is 17.9 Å². The fraction of sp³-hybridized carbons (Fsp3) is 0.804. The van der Waals surface area contributed by atoms with Crippen LogP contribution in [-0.4, -0.2) is 112 Å². The second-order valence-corrected chi connectivity index (χ2v) is 34.2. The number of hydrogen-bond acceptors (Lipinski definition) is 18. The number of aliphatic hydroxyl groups is 2. The molecule has 0 amide bonds. The van der Waals surface area contributed by atoms with Crippen molar-refractivity contribution in [3.8, 4) is 0 Å². The Morgan fingerprint density at radius 1 is 0.347 bits per heavy atom. The normalized spacial score (nSPS) is 15.4. The largest absolute Gasteiger partial charge is 0.481 e. The number of cyclic esters (lactones) is 4. The number of unbranched alkanes of at least 4 members (excludes halogenated alkanes) is 21. The van der Waals surface area contributed by atoms with E-state index >= 15 is 0 Å². The van der Waals surface area contributed by atoms with Gasteiger partial charge < -0.3 is 53.4 Å². The molecular weight excluding hydrogens is 1530 g/mol. The predicted molar refractivity (Wildman–Crippen MR) is 492 cm³/mol. The molecule has 702 valence electrons. The molecule has 9 atom stereocenters. The summed E-state index contributed by atoms with van der Waals surface area (Å²) in [7, 11) is 0. The molecule has 0 aromatic carbocycles. The summed E-state index contributed by atoms with van der Waals surface area (Å²) in [6.07, 6.45) is 67.8. The molecule has 0 saturated carbocycles. The zero-order valence-corrected chi connectivity index (χ0v) is 79.4. The van der Waals surface area contributed by atoms with Crippen molar-refractivity contribution in [1.29, 1.82) is 0 Å². The first-order valence-corrected chi connectivity index (χ1v) is 48.5. The average Bonchev–Trinajstić information content (AvgIpc) is 1.77. The third kappa shape index (κ3) is 83.3. The maximum Gasteiger partial charge on any atom is 0.317 e. The van der Waals surface area contributed by atoms with Crippen LogP contribution in [0.3, 0.4) is 0 Å². The summed E-state index contributed by atoms with van der Waals surface area (Å²) in [5.41, 5.74) is 0. The number of esters is 6. The van der Waals surface area contributed by atoms with E-state index in [-0.39, 0.29) is 109 Å². The van der Waals surface area contributed by atoms with Gasteiger partial charge in [0.25, 0.3) is 0 Å². The Bertz CT molecular complexity index is 2650. The minimum atomic E-state index is -0.879. The highest BCUT2D eigenvalue weighted by Crippen LogP contribution is 2.26. The average molecular weight is 1710 g/mol. The summed E-state index contributed by atoms with van der Waals surface area (Å²) in [5.74, 6) is -0.241. The summed E-state index contributed by atoms with van der Waals surface area (Å²) in [5, 5.41) is 26.6. The molecule has 19 nitrogen and oxygen atoms in total. The third-order valence-electron chi connectivity index (χ3n) is 22.7. The number of carboxylic acids is 1. The number of ketones is 5. The van der Waals surface area contributed by atoms with Crippen LogP contribution in [0.4, 0.5) is 0 Å². The Morgan fingerprint density at radius 2 is 0.653 bits per heavy atom. The number of carbonyl (C=O) groups excluding carboxylic acids is 11. The molecule has 3 N–H and O–H groups in total. The van der Waals surface area contributed by atoms with Crippen molar-refractivity contribution in [1.82, 2.24) is 0 Å². The molecule has 9 unspecified atom stereocenters. The second kappa shape index (κ2) is 88.8. The Kier molecular flexibility index (Phi) is 88.9. The van der Waals surface area contributed by atoms with Crippen molar-refractivity contribution in [2.45, 2.75) is 450 Å². The molecule has 2 aliphatic heterocycles. The quantitative estimate of drug-likeness (QED) is 0.0167. The van der Waals surface area contributed by atoms with Crippen LogP contribution in [0.15, 0.2) is 48.6 Å². The van der Waals surface area contributed by atoms with Crippen LogP contribution in [0.25, 0.3) is 0 Å². The predicted octanol–water partition coefficient (Wildman–Crippen LogP) is 25.6. The van der Waals surface area contributed by atoms with E-state index in [1.807, 2.05) is 18.2 Å². The summed E-state index contributed by atoms with van der Waals surface area (Å²) < 4.78 is 20.0. The smallest absolute Gasteiger partial charge is 0.317 e. The molecule has 2 aliphatic rings. The summed E-state index contributed by atoms with van der Waals surface area (Å²) in [6.45, 7) is 29.8. The number of allylic oxidation sites excluding steroid dienone is 8. The zero-order valence-electron chi connectivity index (χ0n) is 79.4. The Labute approximate surface area is 737 Å². The minimum Gasteiger partial charge on any atom is -0.481 e. The van der Waals surface area contributed by atoms with Gasteiger partial charge in [-0.15, -0.1) is 0 Å². The topological polar surface area (TPSA) is 302 Å². The van der Waals surface area contributed by atoms with E-state index in [4.69, 9.17) is 24.8 Å². The lowest BCUT2D eigenvalue weighted by molar-refractivity contribution is -0.154. The van der Waals surface area contributed by atoms with Crippen LogP contribution in [-0.2, 0) is 76.5 Å². The number of ether oxygens (including phenoxy) is 4. The van der Waals surface area contributed by atoms with Crippen molar-refractivity contribution < 1.29 is 91.8 Å². The van der Waals surface area contributed by atoms with E-state index in [1.54, 1.807) is 27.7 Å². The van der Waals surface area contributed by atoms with Gasteiger partial charge in [-0.3, -0.25) is 38.4 Å². The molecule has 0 aliphatic carbocycles. The standard InChI is InChI=1S/C32H58O4.C24H42O5.2C15H22O4.2C8H18O/c1-6-10-20-28(8-3)23-24-31(34)30(22-18-16-14-12-13-15-17-19-27(5)33)25-32(35)36-26-29(9-4)21-11-7-2;1-4-6-15-21(5-2)19-29-24(28)18-22(17-23(26)27)16-13-11-9-7-8-10-12-14-20(3)25;2*1-12(16)9-7-5-3-2-4-6-8-10-13-11-14(17)19-15(13)18;2*1-3-5-6-8(4-2)7-9/h16,18,28-30H,6-15,17,19-26H2,1-5H3;11,13,21-22H,4-10,12,14-19H2,1-3H3,(H,26,27);2*6,8,13H,2-5,7,9-11H2,1H3;2*8-9H,3-7H2,1-2H3/b18-16+;13-11+;2*8-6+;;. The van der Waals surface area contributed by atoms with Crippen LogP contribution < -0.4 is 0 Å². The molecule has 0 aromatic heterocycles. The highest BCUT2D eigenvalue weighted by molar-refractivity contribution is 5.95. The number of hydrogen-bond donors (Lipinski definition) is 3. The van der Waals surface area contributed by atoms with Gasteiger partial charge in [-0.1, -0.05) is 272 Å². The highest BCUT2D eigenvalue weighted by atomic mass is 16.6. The van der Waals surface area contributed by atoms with Gasteiger partial charge in [0.05, 0.1) is 44.3 Å². The molecule has 2 saturated heterocycles. The molecule has 2 fully saturated rings. The van der Waals surface area contributed by atoms with Crippen molar-refractivity contribution >= 4 is 70.7 Å². The lowest BCUT2D eigenvalue weighted by Gasteiger charge is -2.18. The molecule has 19 heteroatoms. The third-order valence-corrected chi connectivity index (χ3v) is 22.7. The number of carbonyl (C=O) groups is 12. The van der Waals surface area contributed by atoms with Crippen LogP contribution >= 0.6 is 0 Å². The van der Waals surface area contributed by atoms with E-state index in [0.29, 0.717) is 114 Å². The Hall–Kier alpha value is -6.08. The van der Waals surface area contributed by atoms with Crippen molar-refractivity contribution in [2.24, 2.45) is 53.3 Å². The molecule has 0 radical (unpaired) electrons. The molecule has 0 aromatic rings. The maximum atomic E-state index is 13.1. The van der Waals surface area contributed by atoms with Crippen LogP contribution in [0.5, 0.6) is 0 Å². The summed E-state index contributed by atoms with van der Waals surface area (Å²) in [4.78, 5) is 136. The second-order valence-electron chi connectivity index (χ2n) is 34.2. The van der Waals surface area contributed by atoms with Gasteiger partial charge in [0.2, 0.25) is 0 Å². The first kappa shape index (κ1) is 121. The molecule has 0 spiro atoms. The van der Waals surface area contributed by atoms with Gasteiger partial charge in [-0.2, -0.15) is 0 Å². The van der Waals surface area contributed by atoms with Gasteiger partial charge in [0.15, 0.2) is 0 Å². The monoisotopic (exact) mass is 1710 g/mol. The number of Topliss-reactive ketones (excluding diaryl/α,β-unsaturated/α-hetero) is 5. The summed E-state index contributed by atoms with van der Waals surface area (Å²) >= 11 is 0. The lowest BCUT2D eigenvalue weighted by Crippen LogP contribution is -2.22. The molecule has 121 heavy (non-hydrogen) atoms. The van der Waals surface area contributed by atoms with E-state index in [9.17, 15) is 57.5 Å². The summed E-state index contributed by atoms with van der Waals surface area (Å²) in [6, 6.07) is 0. The van der Waals surface area contributed by atoms with E-state index in [1.165, 1.54) is 57.8 Å². The first-order chi connectivity index (χ1) is 58.1. The van der Waals surface area contributed by atoms with Gasteiger partial charge in [0.1, 0.15) is 28.9 Å². The van der Waals surface area contributed by atoms with Crippen molar-refractivity contribution in [2.75, 3.05) is 26.4 Å². The van der Waals surface area contributed by atoms with Gasteiger partial charge in [-0.25, -0.2) is 0 Å². The minimum absolute atomic E-state index is 0.0163. The van der Waals surface area contributed by atoms with Crippen LogP contribution in [0.1, 0.15) is 450 Å². The van der Waals surface area contributed by atoms with E-state index in [2.05, 4.69) is 109 Å². The molecule has 2 heterocycles. The maximum absolute atomic E-state index is 13.1. The molecule has 0 bridgehead atoms. The Balaban J connectivity index is -0.000000720. The zero-order chi connectivity index (χ0) is 91.3. The molecule has 2 rings (SSSR count). The molecular formula is C102H180O19. The number of carboxylic acid groups (broad SMARTS) is 1. The van der Waals surface area contributed by atoms with Gasteiger partial charge >= 0.3 is 41.8 Å². The number of aliphatic hydroxyl groups excluding tert-OH is 2. The van der Waals surface area contributed by atoms with E-state index in [0.717, 1.165) is 205 Å². The number of aliphatic carboxylic acids is 1. The number of rotatable bonds is 72. The van der Waals surface area contributed by atoms with Crippen molar-refractivity contribution in [3.63, 3.8) is 0 Å². The van der Waals surface area contributed by atoms with Crippen LogP contribution in [0, 0.1) is 53.3 Å². The van der Waals surface area contributed by atoms with Crippen molar-refractivity contribution in [3.05, 3.63) is 48.6 Å². The lowest BCUT2D eigenvalue weighted by atomic mass is 9.88. The van der Waals surface area contributed by atoms with Gasteiger partial charge in [-0.05, 0) is 198 Å². The van der Waals surface area contributed by atoms with Gasteiger partial charge in [0, 0.05) is 64.1 Å². The first-order valence-electron chi connectivity index (χ1n) is 48.5. The highest BCUT2D eigenvalue weighted by Gasteiger charge is 2.33. The fourth-order valence-electron chi connectivity index (χ4n) is 13.9.